The zero-order valence-corrected chi connectivity index (χ0v) is 11.9. The fourth-order valence-corrected chi connectivity index (χ4v) is 3.04. The van der Waals surface area contributed by atoms with E-state index in [9.17, 15) is 9.59 Å². The first-order valence-corrected chi connectivity index (χ1v) is 7.13. The summed E-state index contributed by atoms with van der Waals surface area (Å²) in [6.45, 7) is 0. The maximum atomic E-state index is 12.0. The van der Waals surface area contributed by atoms with Crippen molar-refractivity contribution in [1.29, 1.82) is 0 Å². The Morgan fingerprint density at radius 2 is 1.82 bits per heavy atom. The van der Waals surface area contributed by atoms with Crippen molar-refractivity contribution in [1.82, 2.24) is 9.80 Å². The van der Waals surface area contributed by atoms with Gasteiger partial charge in [0.25, 0.3) is 0 Å². The molecule has 2 rings (SSSR count). The van der Waals surface area contributed by atoms with Gasteiger partial charge in [-0.15, -0.1) is 0 Å². The van der Waals surface area contributed by atoms with Crippen molar-refractivity contribution in [3.8, 4) is 0 Å². The van der Waals surface area contributed by atoms with E-state index in [1.165, 1.54) is 9.80 Å². The number of amides is 2. The second kappa shape index (κ2) is 4.56. The Labute approximate surface area is 110 Å². The van der Waals surface area contributed by atoms with Crippen molar-refractivity contribution in [3.05, 3.63) is 27.1 Å². The van der Waals surface area contributed by atoms with Crippen LogP contribution >= 0.6 is 12.2 Å². The Morgan fingerprint density at radius 3 is 2.29 bits per heavy atom. The molecule has 1 saturated heterocycles. The van der Waals surface area contributed by atoms with E-state index in [4.69, 9.17) is 12.2 Å². The van der Waals surface area contributed by atoms with Crippen molar-refractivity contribution in [2.24, 2.45) is 0 Å². The molecule has 6 heteroatoms. The van der Waals surface area contributed by atoms with E-state index in [1.54, 1.807) is 20.2 Å². The third kappa shape index (κ3) is 2.11. The van der Waals surface area contributed by atoms with Crippen molar-refractivity contribution in [2.45, 2.75) is 0 Å². The summed E-state index contributed by atoms with van der Waals surface area (Å²) in [6, 6.07) is 3.85. The molecule has 1 aliphatic heterocycles. The normalized spacial score (nSPS) is 16.8. The van der Waals surface area contributed by atoms with Crippen LogP contribution in [0.1, 0.15) is 4.44 Å². The van der Waals surface area contributed by atoms with Gasteiger partial charge in [-0.1, -0.05) is 0 Å². The molecule has 1 aromatic rings. The van der Waals surface area contributed by atoms with Crippen LogP contribution in [0.15, 0.2) is 22.6 Å². The predicted octanol–water partition coefficient (Wildman–Crippen LogP) is 0.342. The van der Waals surface area contributed by atoms with E-state index in [1.807, 2.05) is 17.1 Å². The van der Waals surface area contributed by atoms with Crippen molar-refractivity contribution < 1.29 is 9.59 Å². The number of likely N-dealkylation sites (N-methyl/N-ethyl adjacent to an activating group) is 2. The fraction of sp³-hybridized carbons (Fsp3) is 0.182. The summed E-state index contributed by atoms with van der Waals surface area (Å²) in [6.07, 6.45) is 1.67. The number of hydrogen-bond donors (Lipinski definition) is 0. The molecule has 1 aliphatic rings. The molecule has 2 heterocycles. The van der Waals surface area contributed by atoms with Crippen molar-refractivity contribution in [3.63, 3.8) is 0 Å². The molecule has 0 aromatic carbocycles. The van der Waals surface area contributed by atoms with Gasteiger partial charge >= 0.3 is 110 Å². The van der Waals surface area contributed by atoms with Crippen molar-refractivity contribution >= 4 is 49.7 Å². The maximum absolute atomic E-state index is 12.0. The SMILES string of the molecule is CN1C(=O)C(=Cc2ccc[se]2)C(=O)N(C)C1=S. The molecule has 0 atom stereocenters. The van der Waals surface area contributed by atoms with Gasteiger partial charge in [0.1, 0.15) is 0 Å². The van der Waals surface area contributed by atoms with Crippen LogP contribution in [0, 0.1) is 0 Å². The van der Waals surface area contributed by atoms with Gasteiger partial charge < -0.3 is 0 Å². The van der Waals surface area contributed by atoms with Gasteiger partial charge in [-0.05, 0) is 0 Å². The van der Waals surface area contributed by atoms with Crippen LogP contribution in [0.2, 0.25) is 0 Å². The molecule has 2 amide bonds. The van der Waals surface area contributed by atoms with Crippen LogP contribution in [0.3, 0.4) is 0 Å². The average Bonchev–Trinajstić information content (AvgIpc) is 2.82. The first-order valence-electron chi connectivity index (χ1n) is 4.87. The molecule has 0 aliphatic carbocycles. The molecule has 0 unspecified atom stereocenters. The van der Waals surface area contributed by atoms with Crippen LogP contribution in [0.5, 0.6) is 0 Å². The molecular weight excluding hydrogens is 303 g/mol. The van der Waals surface area contributed by atoms with E-state index in [0.29, 0.717) is 0 Å². The van der Waals surface area contributed by atoms with E-state index < -0.39 is 0 Å². The first-order chi connectivity index (χ1) is 8.02. The van der Waals surface area contributed by atoms with Crippen LogP contribution in [-0.4, -0.2) is 55.3 Å². The summed E-state index contributed by atoms with van der Waals surface area (Å²) in [5, 5.41) is 0.237. The van der Waals surface area contributed by atoms with Crippen LogP contribution in [0.4, 0.5) is 0 Å². The van der Waals surface area contributed by atoms with Gasteiger partial charge in [0.05, 0.1) is 0 Å². The Morgan fingerprint density at radius 1 is 1.24 bits per heavy atom. The van der Waals surface area contributed by atoms with E-state index in [0.717, 1.165) is 4.44 Å². The number of nitrogens with zero attached hydrogens (tertiary/aromatic N) is 2. The predicted molar refractivity (Wildman–Crippen MR) is 69.5 cm³/mol. The minimum absolute atomic E-state index is 0.181. The number of hydrogen-bond acceptors (Lipinski definition) is 3. The molecule has 1 aromatic heterocycles. The first kappa shape index (κ1) is 12.2. The fourth-order valence-electron chi connectivity index (χ4n) is 1.49. The summed E-state index contributed by atoms with van der Waals surface area (Å²) in [4.78, 5) is 28.6. The van der Waals surface area contributed by atoms with Gasteiger partial charge in [-0.3, -0.25) is 0 Å². The molecule has 0 N–H and O–H groups in total. The average molecular weight is 313 g/mol. The Kier molecular flexibility index (Phi) is 3.28. The Hall–Kier alpha value is -1.23. The van der Waals surface area contributed by atoms with Gasteiger partial charge in [-0.25, -0.2) is 0 Å². The summed E-state index contributed by atoms with van der Waals surface area (Å²) < 4.78 is 1.02. The van der Waals surface area contributed by atoms with Gasteiger partial charge in [0, 0.05) is 0 Å². The summed E-state index contributed by atoms with van der Waals surface area (Å²) in [7, 11) is 3.15. The molecule has 0 bridgehead atoms. The topological polar surface area (TPSA) is 40.6 Å². The zero-order chi connectivity index (χ0) is 12.6. The van der Waals surface area contributed by atoms with E-state index in [-0.39, 0.29) is 37.0 Å². The number of carbonyl (C=O) groups excluding carboxylic acids is 2. The van der Waals surface area contributed by atoms with Crippen LogP contribution < -0.4 is 0 Å². The molecular formula is C11H10N2O2SSe. The van der Waals surface area contributed by atoms with Gasteiger partial charge in [0.15, 0.2) is 0 Å². The third-order valence-electron chi connectivity index (χ3n) is 2.47. The summed E-state index contributed by atoms with van der Waals surface area (Å²) >= 11 is 5.21. The molecule has 0 spiro atoms. The molecule has 88 valence electrons. The zero-order valence-electron chi connectivity index (χ0n) is 9.34. The monoisotopic (exact) mass is 314 g/mol. The number of thiocarbonyl (C=S) groups is 1. The second-order valence-corrected chi connectivity index (χ2v) is 6.00. The van der Waals surface area contributed by atoms with Gasteiger partial charge in [-0.2, -0.15) is 0 Å². The summed E-state index contributed by atoms with van der Waals surface area (Å²) in [5.41, 5.74) is 0.181. The standard InChI is InChI=1S/C11H10N2O2SSe/c1-12-9(14)8(6-7-4-3-5-17-7)10(15)13(2)11(12)16/h3-6H,1-2H3. The van der Waals surface area contributed by atoms with E-state index in [2.05, 4.69) is 0 Å². The molecule has 1 fully saturated rings. The van der Waals surface area contributed by atoms with Gasteiger partial charge in [0.2, 0.25) is 0 Å². The number of rotatable bonds is 1. The Balaban J connectivity index is 2.43. The molecule has 17 heavy (non-hydrogen) atoms. The van der Waals surface area contributed by atoms with Crippen LogP contribution in [0.25, 0.3) is 6.08 Å². The second-order valence-electron chi connectivity index (χ2n) is 3.58. The molecule has 0 saturated carbocycles. The molecule has 0 radical (unpaired) electrons. The minimum atomic E-state index is -0.332. The quantitative estimate of drug-likeness (QED) is 0.325. The number of carbonyl (C=O) groups is 2. The van der Waals surface area contributed by atoms with E-state index >= 15 is 0 Å². The van der Waals surface area contributed by atoms with Crippen LogP contribution in [-0.2, 0) is 9.59 Å². The summed E-state index contributed by atoms with van der Waals surface area (Å²) in [5.74, 6) is -0.664. The Bertz CT molecular complexity index is 496. The van der Waals surface area contributed by atoms with Crippen molar-refractivity contribution in [2.75, 3.05) is 14.1 Å². The molecule has 4 nitrogen and oxygen atoms in total. The third-order valence-corrected chi connectivity index (χ3v) is 4.74.